The number of hydrogen-bond donors (Lipinski definition) is 1. The molecule has 0 radical (unpaired) electrons. The molecule has 6 nitrogen and oxygen atoms in total. The summed E-state index contributed by atoms with van der Waals surface area (Å²) in [5, 5.41) is 0. The van der Waals surface area contributed by atoms with Crippen LogP contribution in [0.4, 0.5) is 11.4 Å². The first-order valence-electron chi connectivity index (χ1n) is 10.2. The maximum Gasteiger partial charge on any atom is 0.227 e. The number of benzene rings is 3. The number of rotatable bonds is 7. The summed E-state index contributed by atoms with van der Waals surface area (Å²) >= 11 is 0. The van der Waals surface area contributed by atoms with Crippen LogP contribution in [0, 0.1) is 0 Å². The van der Waals surface area contributed by atoms with Crippen molar-refractivity contribution in [1.29, 1.82) is 0 Å². The van der Waals surface area contributed by atoms with Crippen LogP contribution in [0.2, 0.25) is 0 Å². The minimum absolute atomic E-state index is 0.0724. The van der Waals surface area contributed by atoms with Crippen LogP contribution in [0.15, 0.2) is 66.7 Å². The van der Waals surface area contributed by atoms with E-state index in [1.807, 2.05) is 66.7 Å². The summed E-state index contributed by atoms with van der Waals surface area (Å²) in [7, 11) is 3.26. The molecule has 0 bridgehead atoms. The molecule has 6 heteroatoms. The molecule has 1 aliphatic rings. The zero-order chi connectivity index (χ0) is 21.8. The van der Waals surface area contributed by atoms with E-state index in [9.17, 15) is 4.79 Å². The highest BCUT2D eigenvalue weighted by Gasteiger charge is 2.32. The van der Waals surface area contributed by atoms with Crippen LogP contribution in [0.1, 0.15) is 23.5 Å². The predicted molar refractivity (Wildman–Crippen MR) is 121 cm³/mol. The van der Waals surface area contributed by atoms with Gasteiger partial charge in [0.1, 0.15) is 12.4 Å². The lowest BCUT2D eigenvalue weighted by Crippen LogP contribution is -2.24. The summed E-state index contributed by atoms with van der Waals surface area (Å²) in [4.78, 5) is 14.5. The highest BCUT2D eigenvalue weighted by Crippen LogP contribution is 2.37. The molecule has 0 aromatic heterocycles. The third-order valence-electron chi connectivity index (χ3n) is 5.52. The van der Waals surface area contributed by atoms with Gasteiger partial charge in [0.05, 0.1) is 14.2 Å². The fourth-order valence-electron chi connectivity index (χ4n) is 3.82. The zero-order valence-corrected chi connectivity index (χ0v) is 17.7. The Hall–Kier alpha value is -3.67. The summed E-state index contributed by atoms with van der Waals surface area (Å²) < 4.78 is 16.7. The number of amides is 1. The van der Waals surface area contributed by atoms with Gasteiger partial charge in [-0.2, -0.15) is 0 Å². The van der Waals surface area contributed by atoms with Crippen molar-refractivity contribution in [2.45, 2.75) is 18.9 Å². The van der Waals surface area contributed by atoms with Crippen molar-refractivity contribution in [3.63, 3.8) is 0 Å². The standard InChI is InChI=1S/C25H26N2O4/c1-29-22-9-6-17(7-10-22)16-31-24-12-18(8-11-23(24)30-2)19-13-25(28)27(15-19)21-5-3-4-20(26)14-21/h3-12,14,19H,13,15-16,26H2,1-2H3/t19-/m0/s1. The first-order valence-corrected chi connectivity index (χ1v) is 10.2. The lowest BCUT2D eigenvalue weighted by molar-refractivity contribution is -0.117. The molecule has 3 aromatic carbocycles. The summed E-state index contributed by atoms with van der Waals surface area (Å²) in [6.07, 6.45) is 0.443. The second kappa shape index (κ2) is 9.00. The first-order chi connectivity index (χ1) is 15.1. The zero-order valence-electron chi connectivity index (χ0n) is 17.7. The molecule has 0 aliphatic carbocycles. The number of nitrogens with two attached hydrogens (primary N) is 1. The van der Waals surface area contributed by atoms with Crippen molar-refractivity contribution in [2.75, 3.05) is 31.4 Å². The average molecular weight is 418 g/mol. The van der Waals surface area contributed by atoms with E-state index < -0.39 is 0 Å². The van der Waals surface area contributed by atoms with Gasteiger partial charge in [-0.15, -0.1) is 0 Å². The minimum Gasteiger partial charge on any atom is -0.497 e. The van der Waals surface area contributed by atoms with Crippen molar-refractivity contribution in [3.05, 3.63) is 77.9 Å². The second-order valence-corrected chi connectivity index (χ2v) is 7.55. The Labute approximate surface area is 182 Å². The Bertz CT molecular complexity index is 1070. The highest BCUT2D eigenvalue weighted by molar-refractivity contribution is 5.96. The lowest BCUT2D eigenvalue weighted by atomic mass is 9.98. The number of hydrogen-bond acceptors (Lipinski definition) is 5. The molecule has 3 aromatic rings. The Kier molecular flexibility index (Phi) is 5.98. The quantitative estimate of drug-likeness (QED) is 0.576. The molecule has 1 heterocycles. The van der Waals surface area contributed by atoms with E-state index >= 15 is 0 Å². The van der Waals surface area contributed by atoms with E-state index in [1.165, 1.54) is 0 Å². The fourth-order valence-corrected chi connectivity index (χ4v) is 3.82. The maximum absolute atomic E-state index is 12.7. The van der Waals surface area contributed by atoms with Gasteiger partial charge in [-0.25, -0.2) is 0 Å². The van der Waals surface area contributed by atoms with Crippen molar-refractivity contribution >= 4 is 17.3 Å². The van der Waals surface area contributed by atoms with Crippen molar-refractivity contribution in [1.82, 2.24) is 0 Å². The van der Waals surface area contributed by atoms with E-state index in [4.69, 9.17) is 19.9 Å². The van der Waals surface area contributed by atoms with Gasteiger partial charge in [0.25, 0.3) is 0 Å². The number of ether oxygens (including phenoxy) is 3. The third kappa shape index (κ3) is 4.58. The molecule has 1 amide bonds. The fraction of sp³-hybridized carbons (Fsp3) is 0.240. The molecular weight excluding hydrogens is 392 g/mol. The van der Waals surface area contributed by atoms with E-state index in [1.54, 1.807) is 19.1 Å². The van der Waals surface area contributed by atoms with E-state index in [-0.39, 0.29) is 11.8 Å². The maximum atomic E-state index is 12.7. The van der Waals surface area contributed by atoms with Crippen LogP contribution < -0.4 is 24.8 Å². The largest absolute Gasteiger partial charge is 0.497 e. The Morgan fingerprint density at radius 3 is 2.48 bits per heavy atom. The minimum atomic E-state index is 0.0724. The summed E-state index contributed by atoms with van der Waals surface area (Å²) in [6.45, 7) is 1.01. The van der Waals surface area contributed by atoms with E-state index in [0.717, 1.165) is 22.6 Å². The van der Waals surface area contributed by atoms with Crippen LogP contribution in [0.25, 0.3) is 0 Å². The van der Waals surface area contributed by atoms with Crippen LogP contribution in [-0.4, -0.2) is 26.7 Å². The summed E-state index contributed by atoms with van der Waals surface area (Å²) in [5.41, 5.74) is 9.44. The van der Waals surface area contributed by atoms with E-state index in [2.05, 4.69) is 0 Å². The number of nitrogen functional groups attached to an aromatic ring is 1. The molecule has 0 saturated carbocycles. The van der Waals surface area contributed by atoms with Crippen LogP contribution in [-0.2, 0) is 11.4 Å². The van der Waals surface area contributed by atoms with Gasteiger partial charge in [-0.3, -0.25) is 4.79 Å². The number of methoxy groups -OCH3 is 2. The van der Waals surface area contributed by atoms with Gasteiger partial charge in [0, 0.05) is 30.3 Å². The van der Waals surface area contributed by atoms with Gasteiger partial charge >= 0.3 is 0 Å². The number of carbonyl (C=O) groups is 1. The van der Waals surface area contributed by atoms with Crippen molar-refractivity contribution in [2.24, 2.45) is 0 Å². The second-order valence-electron chi connectivity index (χ2n) is 7.55. The van der Waals surface area contributed by atoms with Gasteiger partial charge in [0.2, 0.25) is 5.91 Å². The normalized spacial score (nSPS) is 15.7. The molecule has 0 unspecified atom stereocenters. The number of anilines is 2. The third-order valence-corrected chi connectivity index (χ3v) is 5.52. The lowest BCUT2D eigenvalue weighted by Gasteiger charge is -2.18. The highest BCUT2D eigenvalue weighted by atomic mass is 16.5. The predicted octanol–water partition coefficient (Wildman–Crippen LogP) is 4.39. The molecule has 1 fully saturated rings. The number of nitrogens with zero attached hydrogens (tertiary/aromatic N) is 1. The average Bonchev–Trinajstić information content (AvgIpc) is 3.19. The molecule has 1 atom stereocenters. The summed E-state index contributed by atoms with van der Waals surface area (Å²) in [6, 6.07) is 21.0. The van der Waals surface area contributed by atoms with Gasteiger partial charge in [-0.05, 0) is 53.6 Å². The van der Waals surface area contributed by atoms with Crippen molar-refractivity contribution < 1.29 is 19.0 Å². The Morgan fingerprint density at radius 2 is 1.77 bits per heavy atom. The van der Waals surface area contributed by atoms with Gasteiger partial charge in [0.15, 0.2) is 11.5 Å². The molecule has 31 heavy (non-hydrogen) atoms. The molecule has 160 valence electrons. The van der Waals surface area contributed by atoms with Crippen LogP contribution >= 0.6 is 0 Å². The van der Waals surface area contributed by atoms with Gasteiger partial charge in [-0.1, -0.05) is 24.3 Å². The monoisotopic (exact) mass is 418 g/mol. The summed E-state index contributed by atoms with van der Waals surface area (Å²) in [5.74, 6) is 2.29. The van der Waals surface area contributed by atoms with E-state index in [0.29, 0.717) is 36.8 Å². The topological polar surface area (TPSA) is 74.0 Å². The van der Waals surface area contributed by atoms with Crippen LogP contribution in [0.3, 0.4) is 0 Å². The molecule has 4 rings (SSSR count). The van der Waals surface area contributed by atoms with Crippen molar-refractivity contribution in [3.8, 4) is 17.2 Å². The van der Waals surface area contributed by atoms with Gasteiger partial charge < -0.3 is 24.8 Å². The Morgan fingerprint density at radius 1 is 0.968 bits per heavy atom. The van der Waals surface area contributed by atoms with Crippen LogP contribution in [0.5, 0.6) is 17.2 Å². The first kappa shape index (κ1) is 20.6. The molecule has 2 N–H and O–H groups in total. The molecule has 1 saturated heterocycles. The smallest absolute Gasteiger partial charge is 0.227 e. The number of carbonyl (C=O) groups excluding carboxylic acids is 1. The Balaban J connectivity index is 1.50. The SMILES string of the molecule is COc1ccc(COc2cc([C@H]3CC(=O)N(c4cccc(N)c4)C3)ccc2OC)cc1. The molecule has 1 aliphatic heterocycles. The molecular formula is C25H26N2O4. The molecule has 0 spiro atoms.